The van der Waals surface area contributed by atoms with Gasteiger partial charge in [0.15, 0.2) is 0 Å². The van der Waals surface area contributed by atoms with Crippen molar-refractivity contribution in [3.8, 4) is 0 Å². The zero-order valence-electron chi connectivity index (χ0n) is 13.7. The van der Waals surface area contributed by atoms with E-state index in [0.29, 0.717) is 15.8 Å². The molecule has 3 rings (SSSR count). The number of nitrogens with zero attached hydrogens (tertiary/aromatic N) is 2. The van der Waals surface area contributed by atoms with Crippen LogP contribution in [0.5, 0.6) is 0 Å². The van der Waals surface area contributed by atoms with Crippen LogP contribution in [0.25, 0.3) is 6.08 Å². The highest BCUT2D eigenvalue weighted by Crippen LogP contribution is 2.33. The first-order valence-corrected chi connectivity index (χ1v) is 9.12. The Labute approximate surface area is 152 Å². The fourth-order valence-electron chi connectivity index (χ4n) is 2.77. The van der Waals surface area contributed by atoms with Crippen molar-refractivity contribution in [1.82, 2.24) is 4.90 Å². The second-order valence-electron chi connectivity index (χ2n) is 5.72. The Balaban J connectivity index is 1.81. The number of amides is 1. The number of hydrogen-bond acceptors (Lipinski definition) is 5. The monoisotopic (exact) mass is 360 g/mol. The smallest absolute Gasteiger partial charge is 0.266 e. The van der Waals surface area contributed by atoms with E-state index in [4.69, 9.17) is 17.0 Å². The summed E-state index contributed by atoms with van der Waals surface area (Å²) in [6, 6.07) is 6.34. The summed E-state index contributed by atoms with van der Waals surface area (Å²) in [6.07, 6.45) is 3.62. The van der Waals surface area contributed by atoms with Crippen LogP contribution in [0.15, 0.2) is 35.8 Å². The number of carbonyl (C=O) groups is 1. The fourth-order valence-corrected chi connectivity index (χ4v) is 4.03. The summed E-state index contributed by atoms with van der Waals surface area (Å²) in [7, 11) is 0. The Morgan fingerprint density at radius 2 is 2.12 bits per heavy atom. The lowest BCUT2D eigenvalue weighted by molar-refractivity contribution is -0.121. The summed E-state index contributed by atoms with van der Waals surface area (Å²) < 4.78 is 5.99. The molecule has 2 aliphatic heterocycles. The van der Waals surface area contributed by atoms with E-state index in [2.05, 4.69) is 36.6 Å². The van der Waals surface area contributed by atoms with Crippen LogP contribution in [0.3, 0.4) is 0 Å². The Hall–Kier alpha value is -1.63. The number of hydrogen-bond donors (Lipinski definition) is 0. The molecule has 0 aliphatic carbocycles. The van der Waals surface area contributed by atoms with Crippen molar-refractivity contribution >= 4 is 46.0 Å². The van der Waals surface area contributed by atoms with Crippen molar-refractivity contribution in [2.75, 3.05) is 37.7 Å². The molecule has 2 fully saturated rings. The van der Waals surface area contributed by atoms with E-state index in [0.717, 1.165) is 37.4 Å². The maximum absolute atomic E-state index is 12.4. The number of benzene rings is 1. The van der Waals surface area contributed by atoms with Gasteiger partial charge in [0.05, 0.1) is 18.1 Å². The average molecular weight is 361 g/mol. The molecule has 2 saturated heterocycles. The fraction of sp³-hybridized carbons (Fsp3) is 0.333. The highest BCUT2D eigenvalue weighted by molar-refractivity contribution is 8.26. The van der Waals surface area contributed by atoms with Gasteiger partial charge in [0.2, 0.25) is 0 Å². The number of carbonyl (C=O) groups excluding carboxylic acids is 1. The molecule has 0 aromatic heterocycles. The van der Waals surface area contributed by atoms with Crippen molar-refractivity contribution in [3.63, 3.8) is 0 Å². The molecule has 1 amide bonds. The van der Waals surface area contributed by atoms with Crippen LogP contribution in [-0.2, 0) is 9.53 Å². The lowest BCUT2D eigenvalue weighted by Gasteiger charge is -2.29. The largest absolute Gasteiger partial charge is 0.378 e. The third-order valence-corrected chi connectivity index (χ3v) is 5.48. The van der Waals surface area contributed by atoms with E-state index in [1.165, 1.54) is 17.4 Å². The maximum atomic E-state index is 12.4. The van der Waals surface area contributed by atoms with Crippen molar-refractivity contribution in [3.05, 3.63) is 46.9 Å². The number of thiocarbonyl (C=S) groups is 1. The number of thioether (sulfide) groups is 1. The zero-order valence-corrected chi connectivity index (χ0v) is 15.3. The predicted octanol–water partition coefficient (Wildman–Crippen LogP) is 3.22. The van der Waals surface area contributed by atoms with Crippen LogP contribution >= 0.6 is 24.0 Å². The first-order chi connectivity index (χ1) is 11.6. The highest BCUT2D eigenvalue weighted by Gasteiger charge is 2.31. The van der Waals surface area contributed by atoms with Gasteiger partial charge in [0, 0.05) is 25.3 Å². The third kappa shape index (κ3) is 3.55. The summed E-state index contributed by atoms with van der Waals surface area (Å²) in [5.41, 5.74) is 3.39. The molecule has 6 heteroatoms. The summed E-state index contributed by atoms with van der Waals surface area (Å²) in [5.74, 6) is -0.0402. The van der Waals surface area contributed by atoms with Crippen LogP contribution in [0.4, 0.5) is 5.69 Å². The number of aryl methyl sites for hydroxylation is 1. The first kappa shape index (κ1) is 17.2. The normalized spacial score (nSPS) is 20.1. The summed E-state index contributed by atoms with van der Waals surface area (Å²) in [5, 5.41) is 0. The molecule has 1 aromatic carbocycles. The van der Waals surface area contributed by atoms with Gasteiger partial charge in [0.25, 0.3) is 5.91 Å². The van der Waals surface area contributed by atoms with Crippen LogP contribution in [-0.4, -0.2) is 48.0 Å². The topological polar surface area (TPSA) is 32.8 Å². The van der Waals surface area contributed by atoms with Gasteiger partial charge in [-0.05, 0) is 36.3 Å². The van der Waals surface area contributed by atoms with E-state index in [9.17, 15) is 4.79 Å². The molecule has 0 saturated carbocycles. The summed E-state index contributed by atoms with van der Waals surface area (Å²) in [6.45, 7) is 9.57. The van der Waals surface area contributed by atoms with Crippen molar-refractivity contribution < 1.29 is 9.53 Å². The molecule has 126 valence electrons. The molecule has 1 aromatic rings. The Bertz CT molecular complexity index is 709. The van der Waals surface area contributed by atoms with Gasteiger partial charge in [-0.15, -0.1) is 6.58 Å². The molecule has 0 radical (unpaired) electrons. The standard InChI is InChI=1S/C18H20N2O2S2/c1-3-6-20-17(21)16(24-18(20)23)12-14-4-5-15(11-13(14)2)19-7-9-22-10-8-19/h3-5,11-12H,1,6-10H2,2H3/b16-12-. The van der Waals surface area contributed by atoms with E-state index >= 15 is 0 Å². The lowest BCUT2D eigenvalue weighted by atomic mass is 10.1. The van der Waals surface area contributed by atoms with Crippen LogP contribution in [0.1, 0.15) is 11.1 Å². The Morgan fingerprint density at radius 1 is 1.38 bits per heavy atom. The minimum Gasteiger partial charge on any atom is -0.378 e. The van der Waals surface area contributed by atoms with Crippen LogP contribution in [0, 0.1) is 6.92 Å². The van der Waals surface area contributed by atoms with Gasteiger partial charge in [0.1, 0.15) is 4.32 Å². The van der Waals surface area contributed by atoms with Crippen molar-refractivity contribution in [2.24, 2.45) is 0 Å². The number of anilines is 1. The van der Waals surface area contributed by atoms with Crippen LogP contribution < -0.4 is 4.90 Å². The number of ether oxygens (including phenoxy) is 1. The highest BCUT2D eigenvalue weighted by atomic mass is 32.2. The van der Waals surface area contributed by atoms with Gasteiger partial charge in [-0.25, -0.2) is 0 Å². The Morgan fingerprint density at radius 3 is 2.79 bits per heavy atom. The average Bonchev–Trinajstić information content (AvgIpc) is 2.85. The molecule has 0 spiro atoms. The van der Waals surface area contributed by atoms with Gasteiger partial charge >= 0.3 is 0 Å². The molecule has 0 N–H and O–H groups in total. The van der Waals surface area contributed by atoms with E-state index in [1.54, 1.807) is 11.0 Å². The van der Waals surface area contributed by atoms with Gasteiger partial charge < -0.3 is 9.64 Å². The second-order valence-corrected chi connectivity index (χ2v) is 7.40. The Kier molecular flexibility index (Phi) is 5.38. The summed E-state index contributed by atoms with van der Waals surface area (Å²) >= 11 is 6.63. The number of morpholine rings is 1. The molecule has 0 atom stereocenters. The predicted molar refractivity (Wildman–Crippen MR) is 104 cm³/mol. The van der Waals surface area contributed by atoms with E-state index < -0.39 is 0 Å². The van der Waals surface area contributed by atoms with E-state index in [-0.39, 0.29) is 5.91 Å². The molecule has 0 unspecified atom stereocenters. The molecule has 2 heterocycles. The molecule has 0 bridgehead atoms. The minimum absolute atomic E-state index is 0.0402. The van der Waals surface area contributed by atoms with Crippen molar-refractivity contribution in [2.45, 2.75) is 6.92 Å². The summed E-state index contributed by atoms with van der Waals surface area (Å²) in [4.78, 5) is 17.0. The number of rotatable bonds is 4. The molecular formula is C18H20N2O2S2. The van der Waals surface area contributed by atoms with Gasteiger partial charge in [-0.1, -0.05) is 36.1 Å². The van der Waals surface area contributed by atoms with Crippen LogP contribution in [0.2, 0.25) is 0 Å². The molecule has 24 heavy (non-hydrogen) atoms. The SMILES string of the molecule is C=CCN1C(=O)/C(=C/c2ccc(N3CCOCC3)cc2C)SC1=S. The van der Waals surface area contributed by atoms with E-state index in [1.807, 2.05) is 6.08 Å². The lowest BCUT2D eigenvalue weighted by Crippen LogP contribution is -2.36. The molecular weight excluding hydrogens is 340 g/mol. The molecule has 4 nitrogen and oxygen atoms in total. The zero-order chi connectivity index (χ0) is 17.1. The van der Waals surface area contributed by atoms with Crippen molar-refractivity contribution in [1.29, 1.82) is 0 Å². The quantitative estimate of drug-likeness (QED) is 0.468. The molecule has 2 aliphatic rings. The van der Waals surface area contributed by atoms with Gasteiger partial charge in [-0.3, -0.25) is 9.69 Å². The minimum atomic E-state index is -0.0402. The maximum Gasteiger partial charge on any atom is 0.266 e. The first-order valence-electron chi connectivity index (χ1n) is 7.90. The second kappa shape index (κ2) is 7.51. The van der Waals surface area contributed by atoms with Gasteiger partial charge in [-0.2, -0.15) is 0 Å². The third-order valence-electron chi connectivity index (χ3n) is 4.10.